The van der Waals surface area contributed by atoms with Crippen LogP contribution in [0, 0.1) is 17.2 Å². The first-order valence-electron chi connectivity index (χ1n) is 7.09. The van der Waals surface area contributed by atoms with Crippen molar-refractivity contribution >= 4 is 17.3 Å². The minimum atomic E-state index is -0.405. The van der Waals surface area contributed by atoms with E-state index in [1.165, 1.54) is 5.56 Å². The molecule has 0 radical (unpaired) electrons. The number of nitrogens with one attached hydrogen (secondary N) is 1. The molecule has 2 rings (SSSR count). The van der Waals surface area contributed by atoms with Crippen LogP contribution in [0.1, 0.15) is 31.0 Å². The van der Waals surface area contributed by atoms with Crippen molar-refractivity contribution < 1.29 is 0 Å². The van der Waals surface area contributed by atoms with E-state index < -0.39 is 6.04 Å². The molecule has 0 aliphatic carbocycles. The maximum absolute atomic E-state index is 9.39. The molecule has 1 atom stereocenters. The fraction of sp³-hybridized carbons (Fsp3) is 0.278. The summed E-state index contributed by atoms with van der Waals surface area (Å²) >= 11 is 6.12. The fourth-order valence-corrected chi connectivity index (χ4v) is 2.43. The van der Waals surface area contributed by atoms with Gasteiger partial charge in [0.05, 0.1) is 16.8 Å². The highest BCUT2D eigenvalue weighted by molar-refractivity contribution is 6.33. The first kappa shape index (κ1) is 15.4. The lowest BCUT2D eigenvalue weighted by molar-refractivity contribution is 0.647. The van der Waals surface area contributed by atoms with Crippen LogP contribution in [0.5, 0.6) is 0 Å². The molecule has 0 saturated carbocycles. The maximum atomic E-state index is 9.39. The Kier molecular flexibility index (Phi) is 5.25. The van der Waals surface area contributed by atoms with E-state index in [1.54, 1.807) is 0 Å². The average Bonchev–Trinajstić information content (AvgIpc) is 2.47. The molecule has 0 fully saturated rings. The van der Waals surface area contributed by atoms with Gasteiger partial charge in [-0.1, -0.05) is 61.8 Å². The summed E-state index contributed by atoms with van der Waals surface area (Å²) in [6.07, 6.45) is 1.05. The summed E-state index contributed by atoms with van der Waals surface area (Å²) in [5, 5.41) is 13.2. The van der Waals surface area contributed by atoms with Crippen molar-refractivity contribution in [3.8, 4) is 6.07 Å². The van der Waals surface area contributed by atoms with E-state index in [4.69, 9.17) is 11.6 Å². The van der Waals surface area contributed by atoms with Gasteiger partial charge in [-0.2, -0.15) is 5.26 Å². The van der Waals surface area contributed by atoms with Crippen molar-refractivity contribution in [3.05, 3.63) is 64.7 Å². The van der Waals surface area contributed by atoms with Crippen LogP contribution >= 0.6 is 11.6 Å². The van der Waals surface area contributed by atoms with E-state index in [0.717, 1.165) is 17.7 Å². The zero-order chi connectivity index (χ0) is 15.2. The van der Waals surface area contributed by atoms with Gasteiger partial charge in [0.15, 0.2) is 0 Å². The fourth-order valence-electron chi connectivity index (χ4n) is 2.24. The third kappa shape index (κ3) is 4.24. The molecule has 2 aromatic carbocycles. The predicted octanol–water partition coefficient (Wildman–Crippen LogP) is 5.22. The zero-order valence-electron chi connectivity index (χ0n) is 12.3. The summed E-state index contributed by atoms with van der Waals surface area (Å²) in [5.41, 5.74) is 3.02. The Hall–Kier alpha value is -1.98. The molecule has 0 aliphatic heterocycles. The van der Waals surface area contributed by atoms with Crippen LogP contribution in [0.15, 0.2) is 48.5 Å². The second-order valence-corrected chi connectivity index (χ2v) is 5.93. The highest BCUT2D eigenvalue weighted by Gasteiger charge is 2.11. The Morgan fingerprint density at radius 2 is 1.76 bits per heavy atom. The smallest absolute Gasteiger partial charge is 0.140 e. The van der Waals surface area contributed by atoms with Crippen LogP contribution in [0.3, 0.4) is 0 Å². The Morgan fingerprint density at radius 3 is 2.33 bits per heavy atom. The number of halogens is 1. The first-order valence-corrected chi connectivity index (χ1v) is 7.47. The molecule has 2 nitrogen and oxygen atoms in total. The summed E-state index contributed by atoms with van der Waals surface area (Å²) in [7, 11) is 0. The Morgan fingerprint density at radius 1 is 1.10 bits per heavy atom. The van der Waals surface area contributed by atoms with Crippen LogP contribution in [0.2, 0.25) is 5.02 Å². The molecule has 21 heavy (non-hydrogen) atoms. The molecular formula is C18H19ClN2. The molecule has 0 spiro atoms. The minimum absolute atomic E-state index is 0.405. The number of para-hydroxylation sites is 1. The predicted molar refractivity (Wildman–Crippen MR) is 88.4 cm³/mol. The summed E-state index contributed by atoms with van der Waals surface area (Å²) in [4.78, 5) is 0. The van der Waals surface area contributed by atoms with Crippen LogP contribution in [0.4, 0.5) is 5.69 Å². The number of nitrogens with zero attached hydrogens (tertiary/aromatic N) is 1. The molecule has 0 aliphatic rings. The van der Waals surface area contributed by atoms with Crippen molar-refractivity contribution in [1.29, 1.82) is 5.26 Å². The van der Waals surface area contributed by atoms with Crippen molar-refractivity contribution in [2.24, 2.45) is 5.92 Å². The van der Waals surface area contributed by atoms with Gasteiger partial charge >= 0.3 is 0 Å². The SMILES string of the molecule is CC(C)Cc1ccc(C(C#N)Nc2ccccc2Cl)cc1. The monoisotopic (exact) mass is 298 g/mol. The summed E-state index contributed by atoms with van der Waals surface area (Å²) in [5.74, 6) is 0.629. The number of anilines is 1. The highest BCUT2D eigenvalue weighted by atomic mass is 35.5. The quantitative estimate of drug-likeness (QED) is 0.822. The van der Waals surface area contributed by atoms with E-state index in [-0.39, 0.29) is 0 Å². The number of nitriles is 1. The lowest BCUT2D eigenvalue weighted by Crippen LogP contribution is -2.09. The molecule has 0 aromatic heterocycles. The topological polar surface area (TPSA) is 35.8 Å². The van der Waals surface area contributed by atoms with Crippen LogP contribution in [0.25, 0.3) is 0 Å². The van der Waals surface area contributed by atoms with E-state index in [9.17, 15) is 5.26 Å². The molecule has 1 unspecified atom stereocenters. The zero-order valence-corrected chi connectivity index (χ0v) is 13.1. The molecule has 108 valence electrons. The number of rotatable bonds is 5. The van der Waals surface area contributed by atoms with E-state index in [0.29, 0.717) is 10.9 Å². The highest BCUT2D eigenvalue weighted by Crippen LogP contribution is 2.26. The summed E-state index contributed by atoms with van der Waals surface area (Å²) in [6, 6.07) is 17.5. The Labute approximate surface area is 131 Å². The number of hydrogen-bond donors (Lipinski definition) is 1. The second kappa shape index (κ2) is 7.15. The average molecular weight is 299 g/mol. The normalized spacial score (nSPS) is 12.0. The third-order valence-corrected chi connectivity index (χ3v) is 3.59. The van der Waals surface area contributed by atoms with Crippen molar-refractivity contribution in [1.82, 2.24) is 0 Å². The van der Waals surface area contributed by atoms with E-state index in [2.05, 4.69) is 37.4 Å². The third-order valence-electron chi connectivity index (χ3n) is 3.26. The molecular weight excluding hydrogens is 280 g/mol. The number of hydrogen-bond acceptors (Lipinski definition) is 2. The number of benzene rings is 2. The largest absolute Gasteiger partial charge is 0.365 e. The Bertz CT molecular complexity index is 626. The molecule has 0 saturated heterocycles. The van der Waals surface area contributed by atoms with E-state index in [1.807, 2.05) is 36.4 Å². The summed E-state index contributed by atoms with van der Waals surface area (Å²) in [6.45, 7) is 4.40. The molecule has 3 heteroatoms. The van der Waals surface area contributed by atoms with Crippen molar-refractivity contribution in [2.75, 3.05) is 5.32 Å². The lowest BCUT2D eigenvalue weighted by atomic mass is 9.99. The molecule has 0 heterocycles. The molecule has 0 amide bonds. The van der Waals surface area contributed by atoms with Gasteiger partial charge in [-0.05, 0) is 35.6 Å². The van der Waals surface area contributed by atoms with E-state index >= 15 is 0 Å². The molecule has 0 bridgehead atoms. The van der Waals surface area contributed by atoms with Crippen LogP contribution < -0.4 is 5.32 Å². The standard InChI is InChI=1S/C18H19ClN2/c1-13(2)11-14-7-9-15(10-8-14)18(12-20)21-17-6-4-3-5-16(17)19/h3-10,13,18,21H,11H2,1-2H3. The first-order chi connectivity index (χ1) is 10.1. The van der Waals surface area contributed by atoms with Gasteiger partial charge in [-0.3, -0.25) is 0 Å². The van der Waals surface area contributed by atoms with Gasteiger partial charge < -0.3 is 5.32 Å². The lowest BCUT2D eigenvalue weighted by Gasteiger charge is -2.15. The van der Waals surface area contributed by atoms with Gasteiger partial charge in [0.1, 0.15) is 6.04 Å². The molecule has 1 N–H and O–H groups in total. The maximum Gasteiger partial charge on any atom is 0.140 e. The van der Waals surface area contributed by atoms with Crippen molar-refractivity contribution in [2.45, 2.75) is 26.3 Å². The second-order valence-electron chi connectivity index (χ2n) is 5.53. The van der Waals surface area contributed by atoms with Gasteiger partial charge in [0, 0.05) is 0 Å². The van der Waals surface area contributed by atoms with Gasteiger partial charge in [0.25, 0.3) is 0 Å². The van der Waals surface area contributed by atoms with Gasteiger partial charge in [0.2, 0.25) is 0 Å². The van der Waals surface area contributed by atoms with Crippen LogP contribution in [-0.4, -0.2) is 0 Å². The van der Waals surface area contributed by atoms with Gasteiger partial charge in [-0.15, -0.1) is 0 Å². The summed E-state index contributed by atoms with van der Waals surface area (Å²) < 4.78 is 0. The minimum Gasteiger partial charge on any atom is -0.365 e. The van der Waals surface area contributed by atoms with Gasteiger partial charge in [-0.25, -0.2) is 0 Å². The molecule has 2 aromatic rings. The van der Waals surface area contributed by atoms with Crippen molar-refractivity contribution in [3.63, 3.8) is 0 Å². The van der Waals surface area contributed by atoms with Crippen LogP contribution in [-0.2, 0) is 6.42 Å². The Balaban J connectivity index is 2.15.